The average Bonchev–Trinajstić information content (AvgIpc) is 2.89. The monoisotopic (exact) mass is 312 g/mol. The Labute approximate surface area is 118 Å². The van der Waals surface area contributed by atoms with Gasteiger partial charge in [-0.3, -0.25) is 0 Å². The number of hydrogen-bond donors (Lipinski definition) is 0. The fourth-order valence-corrected chi connectivity index (χ4v) is 3.53. The number of methoxy groups -OCH3 is 1. The molecule has 0 aliphatic heterocycles. The zero-order valence-electron chi connectivity index (χ0n) is 11.0. The van der Waals surface area contributed by atoms with Crippen LogP contribution < -0.4 is 9.47 Å². The smallest absolute Gasteiger partial charge is 0.161 e. The van der Waals surface area contributed by atoms with Crippen LogP contribution in [0.5, 0.6) is 11.5 Å². The molecular weight excluding hydrogens is 292 g/mol. The van der Waals surface area contributed by atoms with Crippen LogP contribution in [0.4, 0.5) is 0 Å². The Hall–Kier alpha value is -0.700. The minimum Gasteiger partial charge on any atom is -0.493 e. The average molecular weight is 313 g/mol. The van der Waals surface area contributed by atoms with Crippen molar-refractivity contribution in [2.45, 2.75) is 32.1 Å². The maximum Gasteiger partial charge on any atom is 0.161 e. The zero-order valence-corrected chi connectivity index (χ0v) is 12.5. The molecule has 0 N–H and O–H groups in total. The second kappa shape index (κ2) is 6.46. The summed E-state index contributed by atoms with van der Waals surface area (Å²) < 4.78 is 11.2. The van der Waals surface area contributed by atoms with Gasteiger partial charge in [0.05, 0.1) is 13.7 Å². The van der Waals surface area contributed by atoms with Gasteiger partial charge in [-0.1, -0.05) is 40.9 Å². The van der Waals surface area contributed by atoms with Gasteiger partial charge in [0.25, 0.3) is 0 Å². The first kappa shape index (κ1) is 13.7. The highest BCUT2D eigenvalue weighted by Gasteiger charge is 2.32. The molecule has 0 aromatic heterocycles. The second-order valence-electron chi connectivity index (χ2n) is 5.09. The highest BCUT2D eigenvalue weighted by atomic mass is 79.9. The zero-order chi connectivity index (χ0) is 12.8. The van der Waals surface area contributed by atoms with Crippen molar-refractivity contribution in [3.8, 4) is 11.5 Å². The molecule has 100 valence electrons. The molecule has 1 saturated carbocycles. The molecule has 1 aliphatic carbocycles. The van der Waals surface area contributed by atoms with Crippen molar-refractivity contribution >= 4 is 15.9 Å². The highest BCUT2D eigenvalue weighted by Crippen LogP contribution is 2.42. The third-order valence-corrected chi connectivity index (χ3v) is 5.10. The van der Waals surface area contributed by atoms with Gasteiger partial charge in [-0.2, -0.15) is 0 Å². The number of hydrogen-bond acceptors (Lipinski definition) is 2. The van der Waals surface area contributed by atoms with Crippen LogP contribution in [0.3, 0.4) is 0 Å². The van der Waals surface area contributed by atoms with Gasteiger partial charge in [0.1, 0.15) is 0 Å². The van der Waals surface area contributed by atoms with Crippen molar-refractivity contribution < 1.29 is 9.47 Å². The van der Waals surface area contributed by atoms with E-state index in [0.29, 0.717) is 5.41 Å². The van der Waals surface area contributed by atoms with Crippen LogP contribution in [0.1, 0.15) is 32.1 Å². The van der Waals surface area contributed by atoms with Crippen LogP contribution in [0.25, 0.3) is 0 Å². The molecule has 0 heterocycles. The fourth-order valence-electron chi connectivity index (χ4n) is 2.69. The van der Waals surface area contributed by atoms with Crippen molar-refractivity contribution in [2.24, 2.45) is 5.41 Å². The molecule has 1 aromatic carbocycles. The molecule has 1 fully saturated rings. The molecule has 18 heavy (non-hydrogen) atoms. The number of rotatable bonds is 6. The standard InChI is InChI=1S/C15H21BrO2/c1-17-13-6-2-3-7-14(13)18-11-10-15(12-16)8-4-5-9-15/h2-3,6-7H,4-5,8-12H2,1H3. The summed E-state index contributed by atoms with van der Waals surface area (Å²) >= 11 is 3.67. The number of para-hydroxylation sites is 2. The largest absolute Gasteiger partial charge is 0.493 e. The summed E-state index contributed by atoms with van der Waals surface area (Å²) in [4.78, 5) is 0. The lowest BCUT2D eigenvalue weighted by molar-refractivity contribution is 0.215. The molecule has 0 bridgehead atoms. The van der Waals surface area contributed by atoms with Crippen LogP contribution in [-0.4, -0.2) is 19.0 Å². The molecule has 3 heteroatoms. The minimum atomic E-state index is 0.460. The first-order valence-corrected chi connectivity index (χ1v) is 7.74. The normalized spacial score (nSPS) is 17.7. The van der Waals surface area contributed by atoms with E-state index < -0.39 is 0 Å². The van der Waals surface area contributed by atoms with Gasteiger partial charge in [0.2, 0.25) is 0 Å². The van der Waals surface area contributed by atoms with Gasteiger partial charge in [0.15, 0.2) is 11.5 Å². The van der Waals surface area contributed by atoms with E-state index in [2.05, 4.69) is 15.9 Å². The van der Waals surface area contributed by atoms with E-state index in [9.17, 15) is 0 Å². The van der Waals surface area contributed by atoms with Gasteiger partial charge in [0, 0.05) is 5.33 Å². The van der Waals surface area contributed by atoms with Crippen LogP contribution in [0.2, 0.25) is 0 Å². The lowest BCUT2D eigenvalue weighted by Crippen LogP contribution is -2.21. The van der Waals surface area contributed by atoms with Crippen molar-refractivity contribution in [2.75, 3.05) is 19.0 Å². The van der Waals surface area contributed by atoms with Crippen LogP contribution >= 0.6 is 15.9 Å². The number of benzene rings is 1. The minimum absolute atomic E-state index is 0.460. The highest BCUT2D eigenvalue weighted by molar-refractivity contribution is 9.09. The van der Waals surface area contributed by atoms with Crippen molar-refractivity contribution in [1.29, 1.82) is 0 Å². The van der Waals surface area contributed by atoms with Gasteiger partial charge >= 0.3 is 0 Å². The molecule has 0 saturated heterocycles. The maximum atomic E-state index is 5.87. The Kier molecular flexibility index (Phi) is 4.93. The Bertz CT molecular complexity index is 373. The summed E-state index contributed by atoms with van der Waals surface area (Å²) in [5.74, 6) is 1.67. The van der Waals surface area contributed by atoms with Crippen molar-refractivity contribution in [3.05, 3.63) is 24.3 Å². The van der Waals surface area contributed by atoms with Crippen LogP contribution in [-0.2, 0) is 0 Å². The molecule has 0 spiro atoms. The number of halogens is 1. The van der Waals surface area contributed by atoms with E-state index in [1.807, 2.05) is 24.3 Å². The van der Waals surface area contributed by atoms with Crippen LogP contribution in [0.15, 0.2) is 24.3 Å². The van der Waals surface area contributed by atoms with E-state index in [1.165, 1.54) is 25.7 Å². The van der Waals surface area contributed by atoms with Crippen LogP contribution in [0, 0.1) is 5.41 Å². The number of alkyl halides is 1. The number of ether oxygens (including phenoxy) is 2. The maximum absolute atomic E-state index is 5.87. The van der Waals surface area contributed by atoms with E-state index in [4.69, 9.17) is 9.47 Å². The molecule has 0 atom stereocenters. The quantitative estimate of drug-likeness (QED) is 0.724. The summed E-state index contributed by atoms with van der Waals surface area (Å²) in [6, 6.07) is 7.84. The lowest BCUT2D eigenvalue weighted by Gasteiger charge is -2.26. The Morgan fingerprint density at radius 3 is 2.44 bits per heavy atom. The lowest BCUT2D eigenvalue weighted by atomic mass is 9.85. The van der Waals surface area contributed by atoms with Gasteiger partial charge < -0.3 is 9.47 Å². The Balaban J connectivity index is 1.88. The summed E-state index contributed by atoms with van der Waals surface area (Å²) in [6.07, 6.45) is 6.50. The van der Waals surface area contributed by atoms with Crippen molar-refractivity contribution in [3.63, 3.8) is 0 Å². The second-order valence-corrected chi connectivity index (χ2v) is 5.65. The molecule has 2 nitrogen and oxygen atoms in total. The summed E-state index contributed by atoms with van der Waals surface area (Å²) in [5.41, 5.74) is 0.460. The molecule has 0 radical (unpaired) electrons. The summed E-state index contributed by atoms with van der Waals surface area (Å²) in [7, 11) is 1.68. The topological polar surface area (TPSA) is 18.5 Å². The van der Waals surface area contributed by atoms with Gasteiger partial charge in [-0.25, -0.2) is 0 Å². The molecular formula is C15H21BrO2. The molecule has 0 unspecified atom stereocenters. The summed E-state index contributed by atoms with van der Waals surface area (Å²) in [5, 5.41) is 1.09. The first-order chi connectivity index (χ1) is 8.79. The SMILES string of the molecule is COc1ccccc1OCCC1(CBr)CCCC1. The third kappa shape index (κ3) is 3.19. The van der Waals surface area contributed by atoms with E-state index in [0.717, 1.165) is 29.9 Å². The Morgan fingerprint density at radius 2 is 1.83 bits per heavy atom. The van der Waals surface area contributed by atoms with Gasteiger partial charge in [-0.05, 0) is 36.8 Å². The van der Waals surface area contributed by atoms with E-state index in [-0.39, 0.29) is 0 Å². The van der Waals surface area contributed by atoms with Gasteiger partial charge in [-0.15, -0.1) is 0 Å². The summed E-state index contributed by atoms with van der Waals surface area (Å²) in [6.45, 7) is 0.770. The molecule has 1 aromatic rings. The van der Waals surface area contributed by atoms with Crippen molar-refractivity contribution in [1.82, 2.24) is 0 Å². The third-order valence-electron chi connectivity index (χ3n) is 3.91. The Morgan fingerprint density at radius 1 is 1.17 bits per heavy atom. The predicted molar refractivity (Wildman–Crippen MR) is 77.8 cm³/mol. The molecule has 0 amide bonds. The molecule has 1 aliphatic rings. The predicted octanol–water partition coefficient (Wildman–Crippen LogP) is 4.42. The van der Waals surface area contributed by atoms with E-state index in [1.54, 1.807) is 7.11 Å². The first-order valence-electron chi connectivity index (χ1n) is 6.61. The molecule has 2 rings (SSSR count). The fraction of sp³-hybridized carbons (Fsp3) is 0.600. The van der Waals surface area contributed by atoms with E-state index >= 15 is 0 Å².